The van der Waals surface area contributed by atoms with Gasteiger partial charge in [0.15, 0.2) is 11.6 Å². The Bertz CT molecular complexity index is 1200. The first-order chi connectivity index (χ1) is 14.1. The lowest BCUT2D eigenvalue weighted by atomic mass is 10.1. The van der Waals surface area contributed by atoms with Crippen LogP contribution in [0.1, 0.15) is 26.3 Å². The minimum absolute atomic E-state index is 0.0297. The molecule has 0 amide bonds. The molecule has 4 nitrogen and oxygen atoms in total. The standard InChI is InChI=1S/C25H19NO3/c27-21-13-10-19(11-14-21)24(28)15-12-20-16-26(23-9-5-4-8-22(20)23)17-25(29)18-6-2-1-3-7-18/h1-16,27H,17H2/b15-12+. The van der Waals surface area contributed by atoms with Crippen LogP contribution >= 0.6 is 0 Å². The first-order valence-corrected chi connectivity index (χ1v) is 9.29. The maximum atomic E-state index is 12.6. The van der Waals surface area contributed by atoms with E-state index >= 15 is 0 Å². The second kappa shape index (κ2) is 7.98. The van der Waals surface area contributed by atoms with Crippen molar-refractivity contribution in [2.75, 3.05) is 0 Å². The van der Waals surface area contributed by atoms with Gasteiger partial charge in [-0.25, -0.2) is 0 Å². The zero-order valence-electron chi connectivity index (χ0n) is 15.7. The third-order valence-electron chi connectivity index (χ3n) is 4.80. The summed E-state index contributed by atoms with van der Waals surface area (Å²) in [6, 6.07) is 23.2. The number of phenolic OH excluding ortho intramolecular Hbond substituents is 1. The molecule has 0 atom stereocenters. The molecule has 0 saturated heterocycles. The maximum absolute atomic E-state index is 12.6. The fourth-order valence-corrected chi connectivity index (χ4v) is 3.30. The number of aromatic nitrogens is 1. The summed E-state index contributed by atoms with van der Waals surface area (Å²) in [4.78, 5) is 25.0. The Hall–Kier alpha value is -3.92. The van der Waals surface area contributed by atoms with Gasteiger partial charge in [-0.1, -0.05) is 48.5 Å². The molecular weight excluding hydrogens is 362 g/mol. The Morgan fingerprint density at radius 1 is 0.828 bits per heavy atom. The van der Waals surface area contributed by atoms with Crippen LogP contribution < -0.4 is 0 Å². The number of para-hydroxylation sites is 1. The number of Topliss-reactive ketones (excluding diaryl/α,β-unsaturated/α-hetero) is 1. The predicted octanol–water partition coefficient (Wildman–Crippen LogP) is 5.13. The van der Waals surface area contributed by atoms with E-state index < -0.39 is 0 Å². The minimum atomic E-state index is -0.151. The molecule has 4 heteroatoms. The van der Waals surface area contributed by atoms with Gasteiger partial charge in [0.1, 0.15) is 5.75 Å². The second-order valence-corrected chi connectivity index (χ2v) is 6.76. The fourth-order valence-electron chi connectivity index (χ4n) is 3.30. The van der Waals surface area contributed by atoms with Crippen molar-refractivity contribution in [3.63, 3.8) is 0 Å². The third kappa shape index (κ3) is 4.01. The number of allylic oxidation sites excluding steroid dienone is 1. The third-order valence-corrected chi connectivity index (χ3v) is 4.80. The molecule has 29 heavy (non-hydrogen) atoms. The van der Waals surface area contributed by atoms with Gasteiger partial charge in [-0.3, -0.25) is 9.59 Å². The van der Waals surface area contributed by atoms with Crippen molar-refractivity contribution in [2.45, 2.75) is 6.54 Å². The van der Waals surface area contributed by atoms with Crippen molar-refractivity contribution in [1.29, 1.82) is 0 Å². The lowest BCUT2D eigenvalue weighted by Crippen LogP contribution is -2.09. The van der Waals surface area contributed by atoms with E-state index in [0.717, 1.165) is 16.5 Å². The van der Waals surface area contributed by atoms with Crippen molar-refractivity contribution in [1.82, 2.24) is 4.57 Å². The van der Waals surface area contributed by atoms with E-state index in [1.807, 2.05) is 65.4 Å². The van der Waals surface area contributed by atoms with Gasteiger partial charge >= 0.3 is 0 Å². The van der Waals surface area contributed by atoms with Crippen LogP contribution in [0.2, 0.25) is 0 Å². The molecule has 3 aromatic carbocycles. The van der Waals surface area contributed by atoms with Gasteiger partial charge in [-0.15, -0.1) is 0 Å². The van der Waals surface area contributed by atoms with Crippen molar-refractivity contribution < 1.29 is 14.7 Å². The maximum Gasteiger partial charge on any atom is 0.185 e. The second-order valence-electron chi connectivity index (χ2n) is 6.76. The fraction of sp³-hybridized carbons (Fsp3) is 0.0400. The number of phenols is 1. The van der Waals surface area contributed by atoms with Crippen LogP contribution in [-0.4, -0.2) is 21.2 Å². The molecule has 1 aromatic heterocycles. The molecule has 0 saturated carbocycles. The molecule has 0 radical (unpaired) electrons. The van der Waals surface area contributed by atoms with E-state index in [1.165, 1.54) is 18.2 Å². The van der Waals surface area contributed by atoms with Crippen molar-refractivity contribution in [2.24, 2.45) is 0 Å². The van der Waals surface area contributed by atoms with Gasteiger partial charge in [0.25, 0.3) is 0 Å². The van der Waals surface area contributed by atoms with Crippen LogP contribution in [0.3, 0.4) is 0 Å². The molecule has 0 unspecified atom stereocenters. The van der Waals surface area contributed by atoms with Crippen molar-refractivity contribution in [3.8, 4) is 5.75 Å². The summed E-state index contributed by atoms with van der Waals surface area (Å²) >= 11 is 0. The number of carbonyl (C=O) groups is 2. The number of aromatic hydroxyl groups is 1. The molecule has 1 heterocycles. The molecule has 0 aliphatic carbocycles. The summed E-state index contributed by atoms with van der Waals surface area (Å²) in [5.41, 5.74) is 2.98. The highest BCUT2D eigenvalue weighted by molar-refractivity contribution is 6.08. The summed E-state index contributed by atoms with van der Waals surface area (Å²) in [5.74, 6) is 0.000860. The molecule has 0 spiro atoms. The summed E-state index contributed by atoms with van der Waals surface area (Å²) < 4.78 is 1.91. The Kier molecular flexibility index (Phi) is 5.08. The lowest BCUT2D eigenvalue weighted by molar-refractivity contribution is 0.0972. The SMILES string of the molecule is O=C(/C=C/c1cn(CC(=O)c2ccccc2)c2ccccc12)c1ccc(O)cc1. The van der Waals surface area contributed by atoms with Crippen LogP contribution in [0.25, 0.3) is 17.0 Å². The number of ketones is 2. The zero-order chi connectivity index (χ0) is 20.2. The van der Waals surface area contributed by atoms with E-state index in [2.05, 4.69) is 0 Å². The normalized spacial score (nSPS) is 11.2. The van der Waals surface area contributed by atoms with Crippen molar-refractivity contribution in [3.05, 3.63) is 108 Å². The number of nitrogens with zero attached hydrogens (tertiary/aromatic N) is 1. The number of carbonyl (C=O) groups excluding carboxylic acids is 2. The molecule has 4 rings (SSSR count). The quantitative estimate of drug-likeness (QED) is 0.372. The number of benzene rings is 3. The average molecular weight is 381 g/mol. The van der Waals surface area contributed by atoms with Gasteiger partial charge in [0.05, 0.1) is 6.54 Å². The summed E-state index contributed by atoms with van der Waals surface area (Å²) in [5, 5.41) is 10.3. The molecule has 142 valence electrons. The average Bonchev–Trinajstić information content (AvgIpc) is 3.10. The van der Waals surface area contributed by atoms with Gasteiger partial charge in [-0.2, -0.15) is 0 Å². The molecule has 1 N–H and O–H groups in total. The summed E-state index contributed by atoms with van der Waals surface area (Å²) in [6.07, 6.45) is 5.17. The Balaban J connectivity index is 1.63. The van der Waals surface area contributed by atoms with Crippen LogP contribution in [-0.2, 0) is 6.54 Å². The highest BCUT2D eigenvalue weighted by Gasteiger charge is 2.11. The first-order valence-electron chi connectivity index (χ1n) is 9.29. The lowest BCUT2D eigenvalue weighted by Gasteiger charge is -2.04. The monoisotopic (exact) mass is 381 g/mol. The van der Waals surface area contributed by atoms with Crippen LogP contribution in [0, 0.1) is 0 Å². The summed E-state index contributed by atoms with van der Waals surface area (Å²) in [7, 11) is 0. The molecule has 0 fully saturated rings. The van der Waals surface area contributed by atoms with Crippen molar-refractivity contribution >= 4 is 28.5 Å². The number of hydrogen-bond acceptors (Lipinski definition) is 3. The van der Waals surface area contributed by atoms with Gasteiger partial charge in [0, 0.05) is 33.8 Å². The molecule has 4 aromatic rings. The molecule has 0 aliphatic rings. The molecule has 0 aliphatic heterocycles. The highest BCUT2D eigenvalue weighted by atomic mass is 16.3. The van der Waals surface area contributed by atoms with E-state index in [1.54, 1.807) is 18.2 Å². The van der Waals surface area contributed by atoms with Crippen LogP contribution in [0.5, 0.6) is 5.75 Å². The topological polar surface area (TPSA) is 59.3 Å². The first kappa shape index (κ1) is 18.4. The predicted molar refractivity (Wildman–Crippen MR) is 114 cm³/mol. The van der Waals surface area contributed by atoms with Gasteiger partial charge in [-0.05, 0) is 42.5 Å². The Labute approximate surface area is 168 Å². The number of hydrogen-bond donors (Lipinski definition) is 1. The summed E-state index contributed by atoms with van der Waals surface area (Å²) in [6.45, 7) is 0.226. The largest absolute Gasteiger partial charge is 0.508 e. The van der Waals surface area contributed by atoms with Crippen LogP contribution in [0.4, 0.5) is 0 Å². The number of rotatable bonds is 6. The van der Waals surface area contributed by atoms with E-state index in [9.17, 15) is 14.7 Å². The van der Waals surface area contributed by atoms with Gasteiger partial charge < -0.3 is 9.67 Å². The highest BCUT2D eigenvalue weighted by Crippen LogP contribution is 2.23. The Morgan fingerprint density at radius 3 is 2.28 bits per heavy atom. The minimum Gasteiger partial charge on any atom is -0.508 e. The number of fused-ring (bicyclic) bond motifs is 1. The van der Waals surface area contributed by atoms with E-state index in [-0.39, 0.29) is 23.9 Å². The van der Waals surface area contributed by atoms with Crippen LogP contribution in [0.15, 0.2) is 91.1 Å². The van der Waals surface area contributed by atoms with E-state index in [0.29, 0.717) is 11.1 Å². The molecule has 0 bridgehead atoms. The zero-order valence-corrected chi connectivity index (χ0v) is 15.7. The smallest absolute Gasteiger partial charge is 0.185 e. The van der Waals surface area contributed by atoms with Gasteiger partial charge in [0.2, 0.25) is 0 Å². The Morgan fingerprint density at radius 2 is 1.52 bits per heavy atom. The van der Waals surface area contributed by atoms with E-state index in [4.69, 9.17) is 0 Å². The molecular formula is C25H19NO3.